The Morgan fingerprint density at radius 2 is 2.00 bits per heavy atom. The van der Waals surface area contributed by atoms with Crippen molar-refractivity contribution in [2.75, 3.05) is 19.6 Å². The minimum atomic E-state index is -0.229. The van der Waals surface area contributed by atoms with Crippen molar-refractivity contribution in [1.82, 2.24) is 10.6 Å². The zero-order chi connectivity index (χ0) is 16.5. The molecule has 3 N–H and O–H groups in total. The monoisotopic (exact) mass is 445 g/mol. The van der Waals surface area contributed by atoms with E-state index in [1.165, 1.54) is 12.0 Å². The summed E-state index contributed by atoms with van der Waals surface area (Å²) in [6.45, 7) is 6.61. The van der Waals surface area contributed by atoms with Gasteiger partial charge in [-0.2, -0.15) is 0 Å². The first kappa shape index (κ1) is 21.2. The van der Waals surface area contributed by atoms with E-state index in [1.807, 2.05) is 6.07 Å². The Kier molecular flexibility index (Phi) is 9.66. The first-order valence-corrected chi connectivity index (χ1v) is 8.88. The first-order valence-electron chi connectivity index (χ1n) is 8.88. The molecular weight excluding hydrogens is 413 g/mol. The fourth-order valence-electron chi connectivity index (χ4n) is 3.14. The smallest absolute Gasteiger partial charge is 0.191 e. The maximum absolute atomic E-state index is 10.3. The minimum absolute atomic E-state index is 0. The largest absolute Gasteiger partial charge is 0.392 e. The maximum Gasteiger partial charge on any atom is 0.191 e. The summed E-state index contributed by atoms with van der Waals surface area (Å²) in [5, 5.41) is 17.0. The Labute approximate surface area is 163 Å². The maximum atomic E-state index is 10.3. The Morgan fingerprint density at radius 3 is 2.67 bits per heavy atom. The van der Waals surface area contributed by atoms with Crippen LogP contribution in [-0.2, 0) is 6.42 Å². The molecule has 2 atom stereocenters. The SMILES string of the molecule is CCNC(=NCC1(C)CCCCC1O)NCCc1ccccc1.I. The van der Waals surface area contributed by atoms with Gasteiger partial charge in [-0.3, -0.25) is 4.99 Å². The van der Waals surface area contributed by atoms with E-state index in [4.69, 9.17) is 4.99 Å². The third-order valence-corrected chi connectivity index (χ3v) is 4.77. The number of hydrogen-bond donors (Lipinski definition) is 3. The van der Waals surface area contributed by atoms with Crippen molar-refractivity contribution < 1.29 is 5.11 Å². The van der Waals surface area contributed by atoms with Gasteiger partial charge in [0.05, 0.1) is 12.6 Å². The molecule has 0 saturated heterocycles. The van der Waals surface area contributed by atoms with Gasteiger partial charge >= 0.3 is 0 Å². The lowest BCUT2D eigenvalue weighted by Crippen LogP contribution is -2.42. The molecule has 1 aromatic rings. The molecule has 2 rings (SSSR count). The molecule has 0 heterocycles. The van der Waals surface area contributed by atoms with Gasteiger partial charge in [-0.1, -0.05) is 50.1 Å². The Balaban J connectivity index is 0.00000288. The number of nitrogens with one attached hydrogen (secondary N) is 2. The first-order chi connectivity index (χ1) is 11.1. The van der Waals surface area contributed by atoms with Crippen molar-refractivity contribution >= 4 is 29.9 Å². The van der Waals surface area contributed by atoms with Gasteiger partial charge in [0.15, 0.2) is 5.96 Å². The zero-order valence-electron chi connectivity index (χ0n) is 14.9. The van der Waals surface area contributed by atoms with E-state index in [-0.39, 0.29) is 35.5 Å². The van der Waals surface area contributed by atoms with Gasteiger partial charge < -0.3 is 15.7 Å². The molecule has 24 heavy (non-hydrogen) atoms. The van der Waals surface area contributed by atoms with Gasteiger partial charge in [0.25, 0.3) is 0 Å². The molecule has 0 aromatic heterocycles. The highest BCUT2D eigenvalue weighted by molar-refractivity contribution is 14.0. The second kappa shape index (κ2) is 10.9. The lowest BCUT2D eigenvalue weighted by molar-refractivity contribution is 0.00716. The highest BCUT2D eigenvalue weighted by atomic mass is 127. The van der Waals surface area contributed by atoms with Crippen LogP contribution in [0, 0.1) is 5.41 Å². The lowest BCUT2D eigenvalue weighted by atomic mass is 9.73. The minimum Gasteiger partial charge on any atom is -0.392 e. The molecule has 0 bridgehead atoms. The third-order valence-electron chi connectivity index (χ3n) is 4.77. The number of rotatable bonds is 6. The van der Waals surface area contributed by atoms with Crippen molar-refractivity contribution in [1.29, 1.82) is 0 Å². The molecule has 1 aromatic carbocycles. The average molecular weight is 445 g/mol. The van der Waals surface area contributed by atoms with E-state index in [1.54, 1.807) is 0 Å². The van der Waals surface area contributed by atoms with Crippen molar-refractivity contribution in [2.24, 2.45) is 10.4 Å². The predicted octanol–water partition coefficient (Wildman–Crippen LogP) is 3.34. The topological polar surface area (TPSA) is 56.7 Å². The van der Waals surface area contributed by atoms with E-state index in [2.05, 4.69) is 48.7 Å². The molecule has 0 amide bonds. The fraction of sp³-hybridized carbons (Fsp3) is 0.632. The van der Waals surface area contributed by atoms with Crippen LogP contribution in [0.2, 0.25) is 0 Å². The van der Waals surface area contributed by atoms with Crippen LogP contribution in [0.1, 0.15) is 45.1 Å². The van der Waals surface area contributed by atoms with Gasteiger partial charge in [-0.25, -0.2) is 0 Å². The molecule has 1 aliphatic carbocycles. The predicted molar refractivity (Wildman–Crippen MR) is 112 cm³/mol. The Bertz CT molecular complexity index is 495. The number of aliphatic hydroxyl groups excluding tert-OH is 1. The molecule has 0 aliphatic heterocycles. The molecule has 1 saturated carbocycles. The van der Waals surface area contributed by atoms with Crippen LogP contribution in [0.5, 0.6) is 0 Å². The van der Waals surface area contributed by atoms with Crippen molar-refractivity contribution in [3.63, 3.8) is 0 Å². The number of halogens is 1. The molecule has 1 aliphatic rings. The molecule has 0 spiro atoms. The summed E-state index contributed by atoms with van der Waals surface area (Å²) in [7, 11) is 0. The fourth-order valence-corrected chi connectivity index (χ4v) is 3.14. The highest BCUT2D eigenvalue weighted by Gasteiger charge is 2.35. The quantitative estimate of drug-likeness (QED) is 0.358. The standard InChI is InChI=1S/C19H31N3O.HI/c1-3-20-18(21-14-12-16-9-5-4-6-10-16)22-15-19(2)13-8-7-11-17(19)23;/h4-6,9-10,17,23H,3,7-8,11-15H2,1-2H3,(H2,20,21,22);1H. The highest BCUT2D eigenvalue weighted by Crippen LogP contribution is 2.36. The summed E-state index contributed by atoms with van der Waals surface area (Å²) in [6, 6.07) is 10.5. The van der Waals surface area contributed by atoms with E-state index in [0.29, 0.717) is 6.54 Å². The van der Waals surface area contributed by atoms with Gasteiger partial charge in [0, 0.05) is 18.5 Å². The molecule has 2 unspecified atom stereocenters. The van der Waals surface area contributed by atoms with Crippen LogP contribution in [0.4, 0.5) is 0 Å². The van der Waals surface area contributed by atoms with Crippen LogP contribution < -0.4 is 10.6 Å². The van der Waals surface area contributed by atoms with Gasteiger partial charge in [0.2, 0.25) is 0 Å². The number of nitrogens with zero attached hydrogens (tertiary/aromatic N) is 1. The second-order valence-corrected chi connectivity index (χ2v) is 6.77. The molecule has 4 nitrogen and oxygen atoms in total. The lowest BCUT2D eigenvalue weighted by Gasteiger charge is -2.37. The van der Waals surface area contributed by atoms with E-state index in [0.717, 1.165) is 44.7 Å². The molecule has 1 fully saturated rings. The van der Waals surface area contributed by atoms with E-state index < -0.39 is 0 Å². The van der Waals surface area contributed by atoms with E-state index in [9.17, 15) is 5.11 Å². The Morgan fingerprint density at radius 1 is 1.25 bits per heavy atom. The molecular formula is C19H32IN3O. The van der Waals surface area contributed by atoms with Gasteiger partial charge in [-0.15, -0.1) is 24.0 Å². The number of benzene rings is 1. The van der Waals surface area contributed by atoms with Crippen LogP contribution >= 0.6 is 24.0 Å². The third kappa shape index (κ3) is 6.59. The average Bonchev–Trinajstić information content (AvgIpc) is 2.57. The number of aliphatic imine (C=N–C) groups is 1. The summed E-state index contributed by atoms with van der Waals surface area (Å²) in [4.78, 5) is 4.72. The zero-order valence-corrected chi connectivity index (χ0v) is 17.3. The summed E-state index contributed by atoms with van der Waals surface area (Å²) < 4.78 is 0. The van der Waals surface area contributed by atoms with Crippen molar-refractivity contribution in [2.45, 2.75) is 52.1 Å². The Hall–Kier alpha value is -0.820. The van der Waals surface area contributed by atoms with Crippen LogP contribution in [0.15, 0.2) is 35.3 Å². The summed E-state index contributed by atoms with van der Waals surface area (Å²) in [5.74, 6) is 0.849. The van der Waals surface area contributed by atoms with Crippen LogP contribution in [-0.4, -0.2) is 36.8 Å². The van der Waals surface area contributed by atoms with E-state index >= 15 is 0 Å². The number of hydrogen-bond acceptors (Lipinski definition) is 2. The molecule has 136 valence electrons. The normalized spacial score (nSPS) is 24.1. The summed E-state index contributed by atoms with van der Waals surface area (Å²) in [6.07, 6.45) is 5.04. The van der Waals surface area contributed by atoms with Crippen molar-refractivity contribution in [3.8, 4) is 0 Å². The molecule has 5 heteroatoms. The van der Waals surface area contributed by atoms with Gasteiger partial charge in [0.1, 0.15) is 0 Å². The van der Waals surface area contributed by atoms with Crippen LogP contribution in [0.25, 0.3) is 0 Å². The summed E-state index contributed by atoms with van der Waals surface area (Å²) in [5.41, 5.74) is 1.24. The number of aliphatic hydroxyl groups is 1. The number of guanidine groups is 1. The summed E-state index contributed by atoms with van der Waals surface area (Å²) >= 11 is 0. The van der Waals surface area contributed by atoms with Crippen molar-refractivity contribution in [3.05, 3.63) is 35.9 Å². The van der Waals surface area contributed by atoms with Gasteiger partial charge in [-0.05, 0) is 31.7 Å². The van der Waals surface area contributed by atoms with Crippen LogP contribution in [0.3, 0.4) is 0 Å². The second-order valence-electron chi connectivity index (χ2n) is 6.77. The molecule has 0 radical (unpaired) electrons.